The van der Waals surface area contributed by atoms with Crippen LogP contribution in [0.1, 0.15) is 22.9 Å². The summed E-state index contributed by atoms with van der Waals surface area (Å²) in [5.74, 6) is 0. The zero-order chi connectivity index (χ0) is 16.6. The third-order valence-electron chi connectivity index (χ3n) is 5.24. The first-order chi connectivity index (χ1) is 12.4. The second kappa shape index (κ2) is 5.82. The number of nitrogens with one attached hydrogen (secondary N) is 1. The van der Waals surface area contributed by atoms with Crippen LogP contribution in [-0.2, 0) is 6.42 Å². The van der Waals surface area contributed by atoms with Crippen LogP contribution in [-0.4, -0.2) is 11.5 Å². The van der Waals surface area contributed by atoms with E-state index in [-0.39, 0.29) is 6.04 Å². The third-order valence-corrected chi connectivity index (χ3v) is 5.24. The smallest absolute Gasteiger partial charge is 0.0947 e. The van der Waals surface area contributed by atoms with Gasteiger partial charge in [0.2, 0.25) is 0 Å². The van der Waals surface area contributed by atoms with Crippen molar-refractivity contribution in [1.82, 2.24) is 4.98 Å². The molecule has 2 heterocycles. The van der Waals surface area contributed by atoms with Crippen molar-refractivity contribution in [3.05, 3.63) is 102 Å². The highest BCUT2D eigenvalue weighted by molar-refractivity contribution is 5.86. The molecule has 122 valence electrons. The van der Waals surface area contributed by atoms with Gasteiger partial charge in [-0.25, -0.2) is 0 Å². The lowest BCUT2D eigenvalue weighted by molar-refractivity contribution is 0.644. The summed E-state index contributed by atoms with van der Waals surface area (Å²) >= 11 is 0. The van der Waals surface area contributed by atoms with E-state index in [4.69, 9.17) is 0 Å². The van der Waals surface area contributed by atoms with Gasteiger partial charge in [-0.2, -0.15) is 0 Å². The number of para-hydroxylation sites is 2. The van der Waals surface area contributed by atoms with E-state index in [1.807, 2.05) is 0 Å². The molecule has 0 radical (unpaired) electrons. The summed E-state index contributed by atoms with van der Waals surface area (Å²) in [6, 6.07) is 30.5. The largest absolute Gasteiger partial charge is 0.359 e. The maximum atomic E-state index is 3.72. The van der Waals surface area contributed by atoms with Gasteiger partial charge in [0, 0.05) is 28.8 Å². The van der Waals surface area contributed by atoms with Crippen LogP contribution in [0.5, 0.6) is 0 Å². The third kappa shape index (κ3) is 2.33. The minimum atomic E-state index is 0.222. The molecule has 5 rings (SSSR count). The molecular formula is C23H20N2. The highest BCUT2D eigenvalue weighted by Crippen LogP contribution is 2.40. The fourth-order valence-corrected chi connectivity index (χ4v) is 4.12. The highest BCUT2D eigenvalue weighted by Gasteiger charge is 2.31. The molecule has 1 unspecified atom stereocenters. The van der Waals surface area contributed by atoms with Crippen LogP contribution in [0.15, 0.2) is 84.9 Å². The molecule has 0 amide bonds. The van der Waals surface area contributed by atoms with Crippen LogP contribution >= 0.6 is 0 Å². The number of anilines is 1. The van der Waals surface area contributed by atoms with E-state index in [9.17, 15) is 0 Å². The molecule has 0 saturated heterocycles. The molecule has 2 heteroatoms. The molecule has 0 bridgehead atoms. The fraction of sp³-hybridized carbons (Fsp3) is 0.130. The summed E-state index contributed by atoms with van der Waals surface area (Å²) < 4.78 is 0. The predicted molar refractivity (Wildman–Crippen MR) is 104 cm³/mol. The predicted octanol–water partition coefficient (Wildman–Crippen LogP) is 5.32. The maximum Gasteiger partial charge on any atom is 0.0947 e. The first kappa shape index (κ1) is 14.4. The molecule has 0 aliphatic carbocycles. The molecule has 1 N–H and O–H groups in total. The Morgan fingerprint density at radius 1 is 0.760 bits per heavy atom. The van der Waals surface area contributed by atoms with Gasteiger partial charge in [-0.15, -0.1) is 0 Å². The summed E-state index contributed by atoms with van der Waals surface area (Å²) in [6.45, 7) is 1.03. The Kier molecular flexibility index (Phi) is 3.34. The lowest BCUT2D eigenvalue weighted by atomic mass is 9.92. The van der Waals surface area contributed by atoms with Crippen molar-refractivity contribution < 1.29 is 0 Å². The van der Waals surface area contributed by atoms with Gasteiger partial charge in [-0.05, 0) is 35.7 Å². The van der Waals surface area contributed by atoms with Crippen LogP contribution in [0.2, 0.25) is 0 Å². The Labute approximate surface area is 147 Å². The van der Waals surface area contributed by atoms with Gasteiger partial charge in [-0.3, -0.25) is 0 Å². The molecule has 1 aromatic heterocycles. The second-order valence-electron chi connectivity index (χ2n) is 6.65. The number of nitrogens with zero attached hydrogens (tertiary/aromatic N) is 1. The number of hydrogen-bond donors (Lipinski definition) is 1. The minimum absolute atomic E-state index is 0.222. The molecule has 0 saturated carbocycles. The summed E-state index contributed by atoms with van der Waals surface area (Å²) in [7, 11) is 0. The molecule has 1 aliphatic heterocycles. The van der Waals surface area contributed by atoms with E-state index in [1.165, 1.54) is 33.4 Å². The number of hydrogen-bond acceptors (Lipinski definition) is 1. The van der Waals surface area contributed by atoms with E-state index in [0.717, 1.165) is 13.0 Å². The van der Waals surface area contributed by atoms with Crippen molar-refractivity contribution in [2.45, 2.75) is 12.5 Å². The van der Waals surface area contributed by atoms with Crippen LogP contribution in [0.3, 0.4) is 0 Å². The van der Waals surface area contributed by atoms with Crippen LogP contribution in [0, 0.1) is 0 Å². The van der Waals surface area contributed by atoms with Crippen LogP contribution < -0.4 is 4.90 Å². The minimum Gasteiger partial charge on any atom is -0.359 e. The Morgan fingerprint density at radius 2 is 1.44 bits per heavy atom. The zero-order valence-electron chi connectivity index (χ0n) is 14.0. The molecule has 3 aromatic carbocycles. The Hall–Kier alpha value is -3.00. The normalized spacial score (nSPS) is 16.8. The van der Waals surface area contributed by atoms with Crippen molar-refractivity contribution in [2.24, 2.45) is 0 Å². The number of aromatic amines is 1. The maximum absolute atomic E-state index is 3.72. The van der Waals surface area contributed by atoms with Crippen molar-refractivity contribution in [2.75, 3.05) is 11.4 Å². The molecule has 1 aliphatic rings. The quantitative estimate of drug-likeness (QED) is 0.529. The Balaban J connectivity index is 1.73. The van der Waals surface area contributed by atoms with Crippen molar-refractivity contribution in [3.8, 4) is 0 Å². The fourth-order valence-electron chi connectivity index (χ4n) is 4.12. The van der Waals surface area contributed by atoms with Gasteiger partial charge in [0.15, 0.2) is 0 Å². The summed E-state index contributed by atoms with van der Waals surface area (Å²) in [5.41, 5.74) is 6.65. The summed E-state index contributed by atoms with van der Waals surface area (Å²) in [6.07, 6.45) is 1.07. The van der Waals surface area contributed by atoms with Gasteiger partial charge in [0.1, 0.15) is 0 Å². The monoisotopic (exact) mass is 324 g/mol. The number of H-pyrrole nitrogens is 1. The average Bonchev–Trinajstić information content (AvgIpc) is 3.07. The Bertz CT molecular complexity index is 1000. The van der Waals surface area contributed by atoms with Crippen molar-refractivity contribution in [1.29, 1.82) is 0 Å². The number of benzene rings is 3. The van der Waals surface area contributed by atoms with E-state index in [2.05, 4.69) is 94.8 Å². The van der Waals surface area contributed by atoms with E-state index in [1.54, 1.807) is 0 Å². The van der Waals surface area contributed by atoms with E-state index >= 15 is 0 Å². The topological polar surface area (TPSA) is 19.0 Å². The molecule has 2 nitrogen and oxygen atoms in total. The van der Waals surface area contributed by atoms with Gasteiger partial charge in [0.05, 0.1) is 6.04 Å². The van der Waals surface area contributed by atoms with Crippen LogP contribution in [0.4, 0.5) is 5.69 Å². The molecule has 0 spiro atoms. The Morgan fingerprint density at radius 3 is 2.24 bits per heavy atom. The standard InChI is InChI=1S/C23H20N2/c1-3-9-17(10-4-1)23-22-20(19-13-7-8-14-21(19)24-22)15-16-25(23)18-11-5-2-6-12-18/h1-14,23-24H,15-16H2. The van der Waals surface area contributed by atoms with Gasteiger partial charge in [0.25, 0.3) is 0 Å². The molecular weight excluding hydrogens is 304 g/mol. The summed E-state index contributed by atoms with van der Waals surface area (Å²) in [4.78, 5) is 6.24. The zero-order valence-corrected chi connectivity index (χ0v) is 14.0. The lowest BCUT2D eigenvalue weighted by Crippen LogP contribution is -2.36. The van der Waals surface area contributed by atoms with Crippen LogP contribution in [0.25, 0.3) is 10.9 Å². The highest BCUT2D eigenvalue weighted by atomic mass is 15.2. The first-order valence-corrected chi connectivity index (χ1v) is 8.88. The van der Waals surface area contributed by atoms with Crippen molar-refractivity contribution in [3.63, 3.8) is 0 Å². The first-order valence-electron chi connectivity index (χ1n) is 8.88. The SMILES string of the molecule is c1ccc(C2c3[nH]c4ccccc4c3CCN2c2ccccc2)cc1. The lowest BCUT2D eigenvalue weighted by Gasteiger charge is -2.38. The van der Waals surface area contributed by atoms with E-state index < -0.39 is 0 Å². The molecule has 25 heavy (non-hydrogen) atoms. The number of fused-ring (bicyclic) bond motifs is 3. The molecule has 1 atom stereocenters. The summed E-state index contributed by atoms with van der Waals surface area (Å²) in [5, 5.41) is 1.37. The van der Waals surface area contributed by atoms with Gasteiger partial charge in [-0.1, -0.05) is 66.7 Å². The van der Waals surface area contributed by atoms with Crippen molar-refractivity contribution >= 4 is 16.6 Å². The van der Waals surface area contributed by atoms with E-state index in [0.29, 0.717) is 0 Å². The second-order valence-corrected chi connectivity index (χ2v) is 6.65. The van der Waals surface area contributed by atoms with Gasteiger partial charge < -0.3 is 9.88 Å². The average molecular weight is 324 g/mol. The molecule has 0 fully saturated rings. The molecule has 4 aromatic rings. The van der Waals surface area contributed by atoms with Gasteiger partial charge >= 0.3 is 0 Å². The number of aromatic nitrogens is 1. The number of rotatable bonds is 2.